The lowest BCUT2D eigenvalue weighted by atomic mass is 10.1. The Hall–Kier alpha value is -2.65. The van der Waals surface area contributed by atoms with Crippen LogP contribution in [0.2, 0.25) is 0 Å². The Morgan fingerprint density at radius 3 is 2.52 bits per heavy atom. The fourth-order valence-electron chi connectivity index (χ4n) is 2.81. The van der Waals surface area contributed by atoms with E-state index in [9.17, 15) is 14.4 Å². The first kappa shape index (κ1) is 23.0. The number of nitrogens with zero attached hydrogens (tertiary/aromatic N) is 2. The van der Waals surface area contributed by atoms with Crippen LogP contribution >= 0.6 is 27.7 Å². The van der Waals surface area contributed by atoms with Crippen molar-refractivity contribution in [3.63, 3.8) is 0 Å². The molecule has 0 atom stereocenters. The minimum atomic E-state index is -0.413. The van der Waals surface area contributed by atoms with Crippen molar-refractivity contribution in [2.45, 2.75) is 32.0 Å². The van der Waals surface area contributed by atoms with Crippen molar-refractivity contribution in [3.05, 3.63) is 68.9 Å². The predicted octanol–water partition coefficient (Wildman–Crippen LogP) is 3.76. The molecular weight excluding hydrogens is 480 g/mol. The molecule has 0 radical (unpaired) electrons. The number of fused-ring (bicyclic) bond motifs is 1. The molecule has 2 amide bonds. The maximum absolute atomic E-state index is 13.0. The number of hydrazine groups is 1. The molecule has 7 nitrogen and oxygen atoms in total. The van der Waals surface area contributed by atoms with Gasteiger partial charge in [-0.2, -0.15) is 0 Å². The number of carbonyl (C=O) groups excluding carboxylic acids is 2. The van der Waals surface area contributed by atoms with Crippen molar-refractivity contribution in [2.75, 3.05) is 5.75 Å². The van der Waals surface area contributed by atoms with Gasteiger partial charge < -0.3 is 0 Å². The molecule has 2 aromatic carbocycles. The van der Waals surface area contributed by atoms with E-state index in [2.05, 4.69) is 45.6 Å². The second-order valence-corrected chi connectivity index (χ2v) is 9.21. The Morgan fingerprint density at radius 1 is 1.10 bits per heavy atom. The maximum Gasteiger partial charge on any atom is 0.269 e. The van der Waals surface area contributed by atoms with Gasteiger partial charge in [0, 0.05) is 16.6 Å². The molecule has 0 saturated carbocycles. The summed E-state index contributed by atoms with van der Waals surface area (Å²) in [5.74, 6) is -0.377. The highest BCUT2D eigenvalue weighted by molar-refractivity contribution is 9.10. The maximum atomic E-state index is 13.0. The molecule has 0 aliphatic heterocycles. The minimum absolute atomic E-state index is 0.00702. The van der Waals surface area contributed by atoms with Crippen LogP contribution in [0.4, 0.5) is 0 Å². The number of hydrogen-bond donors (Lipinski definition) is 2. The number of thioether (sulfide) groups is 1. The molecule has 0 aliphatic rings. The van der Waals surface area contributed by atoms with Gasteiger partial charge in [-0.15, -0.1) is 0 Å². The number of benzene rings is 2. The van der Waals surface area contributed by atoms with Crippen LogP contribution in [-0.2, 0) is 11.3 Å². The first-order valence-corrected chi connectivity index (χ1v) is 11.6. The van der Waals surface area contributed by atoms with E-state index in [1.807, 2.05) is 12.1 Å². The molecule has 9 heteroatoms. The highest BCUT2D eigenvalue weighted by Crippen LogP contribution is 2.18. The lowest BCUT2D eigenvalue weighted by Crippen LogP contribution is -2.42. The van der Waals surface area contributed by atoms with Gasteiger partial charge >= 0.3 is 0 Å². The van der Waals surface area contributed by atoms with Gasteiger partial charge in [0.05, 0.1) is 16.7 Å². The van der Waals surface area contributed by atoms with Crippen molar-refractivity contribution in [1.82, 2.24) is 20.4 Å². The van der Waals surface area contributed by atoms with Crippen LogP contribution in [0.1, 0.15) is 30.6 Å². The van der Waals surface area contributed by atoms with Gasteiger partial charge in [0.2, 0.25) is 5.91 Å². The number of rotatable bonds is 7. The number of amides is 2. The van der Waals surface area contributed by atoms with E-state index in [0.29, 0.717) is 34.1 Å². The Labute approximate surface area is 192 Å². The summed E-state index contributed by atoms with van der Waals surface area (Å²) in [6.45, 7) is 4.71. The minimum Gasteiger partial charge on any atom is -0.287 e. The molecule has 0 spiro atoms. The highest BCUT2D eigenvalue weighted by Gasteiger charge is 2.14. The smallest absolute Gasteiger partial charge is 0.269 e. The molecule has 0 bridgehead atoms. The van der Waals surface area contributed by atoms with E-state index in [4.69, 9.17) is 0 Å². The Kier molecular flexibility index (Phi) is 7.86. The van der Waals surface area contributed by atoms with Crippen molar-refractivity contribution >= 4 is 50.4 Å². The Bertz CT molecular complexity index is 1150. The van der Waals surface area contributed by atoms with Crippen LogP contribution in [0.3, 0.4) is 0 Å². The highest BCUT2D eigenvalue weighted by atomic mass is 79.9. The van der Waals surface area contributed by atoms with Gasteiger partial charge in [-0.1, -0.05) is 53.7 Å². The first-order valence-electron chi connectivity index (χ1n) is 9.82. The number of carbonyl (C=O) groups is 2. The summed E-state index contributed by atoms with van der Waals surface area (Å²) < 4.78 is 2.48. The van der Waals surface area contributed by atoms with E-state index in [1.54, 1.807) is 41.0 Å². The van der Waals surface area contributed by atoms with Gasteiger partial charge in [-0.3, -0.25) is 29.8 Å². The Balaban J connectivity index is 1.68. The van der Waals surface area contributed by atoms with Gasteiger partial charge in [0.1, 0.15) is 0 Å². The number of nitrogens with one attached hydrogen (secondary N) is 2. The van der Waals surface area contributed by atoms with Crippen molar-refractivity contribution in [2.24, 2.45) is 5.92 Å². The number of hydrogen-bond acceptors (Lipinski definition) is 5. The van der Waals surface area contributed by atoms with E-state index in [-0.39, 0.29) is 11.3 Å². The van der Waals surface area contributed by atoms with Crippen LogP contribution in [0.5, 0.6) is 0 Å². The first-order chi connectivity index (χ1) is 14.8. The number of aromatic nitrogens is 2. The summed E-state index contributed by atoms with van der Waals surface area (Å²) in [5, 5.41) is 1.04. The zero-order valence-corrected chi connectivity index (χ0v) is 19.6. The normalized spacial score (nSPS) is 11.0. The SMILES string of the molecule is CC(C)CCn1c(SCC(=O)NNC(=O)c2ccc(Br)cc2)nc2ccccc2c1=O. The summed E-state index contributed by atoms with van der Waals surface area (Å²) >= 11 is 4.48. The molecule has 0 saturated heterocycles. The van der Waals surface area contributed by atoms with Crippen molar-refractivity contribution < 1.29 is 9.59 Å². The molecule has 0 unspecified atom stereocenters. The van der Waals surface area contributed by atoms with Crippen LogP contribution in [0, 0.1) is 5.92 Å². The molecule has 3 aromatic rings. The molecule has 1 aromatic heterocycles. The molecule has 162 valence electrons. The third-order valence-electron chi connectivity index (χ3n) is 4.51. The van der Waals surface area contributed by atoms with E-state index in [1.165, 1.54) is 11.8 Å². The van der Waals surface area contributed by atoms with E-state index < -0.39 is 11.8 Å². The van der Waals surface area contributed by atoms with Gasteiger partial charge in [0.25, 0.3) is 11.5 Å². The zero-order valence-electron chi connectivity index (χ0n) is 17.2. The lowest BCUT2D eigenvalue weighted by molar-refractivity contribution is -0.119. The topological polar surface area (TPSA) is 93.1 Å². The summed E-state index contributed by atoms with van der Waals surface area (Å²) in [4.78, 5) is 41.9. The van der Waals surface area contributed by atoms with Crippen LogP contribution < -0.4 is 16.4 Å². The fraction of sp³-hybridized carbons (Fsp3) is 0.273. The fourth-order valence-corrected chi connectivity index (χ4v) is 3.90. The summed E-state index contributed by atoms with van der Waals surface area (Å²) in [6, 6.07) is 14.0. The molecule has 31 heavy (non-hydrogen) atoms. The Morgan fingerprint density at radius 2 is 1.81 bits per heavy atom. The van der Waals surface area contributed by atoms with Crippen LogP contribution in [-0.4, -0.2) is 27.1 Å². The molecule has 0 aliphatic carbocycles. The quantitative estimate of drug-likeness (QED) is 0.291. The number of para-hydroxylation sites is 1. The van der Waals surface area contributed by atoms with E-state index in [0.717, 1.165) is 10.9 Å². The summed E-state index contributed by atoms with van der Waals surface area (Å²) in [6.07, 6.45) is 0.822. The molecule has 3 rings (SSSR count). The van der Waals surface area contributed by atoms with Crippen LogP contribution in [0.25, 0.3) is 10.9 Å². The molecule has 2 N–H and O–H groups in total. The third kappa shape index (κ3) is 6.18. The third-order valence-corrected chi connectivity index (χ3v) is 6.02. The average molecular weight is 503 g/mol. The predicted molar refractivity (Wildman–Crippen MR) is 126 cm³/mol. The zero-order chi connectivity index (χ0) is 22.4. The second-order valence-electron chi connectivity index (χ2n) is 7.35. The lowest BCUT2D eigenvalue weighted by Gasteiger charge is -2.14. The molecule has 0 fully saturated rings. The largest absolute Gasteiger partial charge is 0.287 e. The molecular formula is C22H23BrN4O3S. The second kappa shape index (κ2) is 10.6. The van der Waals surface area contributed by atoms with Gasteiger partial charge in [-0.05, 0) is 48.7 Å². The molecule has 1 heterocycles. The number of halogens is 1. The van der Waals surface area contributed by atoms with E-state index >= 15 is 0 Å². The average Bonchev–Trinajstić information content (AvgIpc) is 2.76. The van der Waals surface area contributed by atoms with Crippen molar-refractivity contribution in [1.29, 1.82) is 0 Å². The standard InChI is InChI=1S/C22H23BrN4O3S/c1-14(2)11-12-27-21(30)17-5-3-4-6-18(17)24-22(27)31-13-19(28)25-26-20(29)15-7-9-16(23)10-8-15/h3-10,14H,11-13H2,1-2H3,(H,25,28)(H,26,29). The van der Waals surface area contributed by atoms with Gasteiger partial charge in [-0.25, -0.2) is 4.98 Å². The summed E-state index contributed by atoms with van der Waals surface area (Å²) in [5.41, 5.74) is 5.70. The van der Waals surface area contributed by atoms with Gasteiger partial charge in [0.15, 0.2) is 5.16 Å². The van der Waals surface area contributed by atoms with Crippen LogP contribution in [0.15, 0.2) is 63.0 Å². The summed E-state index contributed by atoms with van der Waals surface area (Å²) in [7, 11) is 0. The monoisotopic (exact) mass is 502 g/mol. The van der Waals surface area contributed by atoms with Crippen molar-refractivity contribution in [3.8, 4) is 0 Å².